The maximum atomic E-state index is 13.1. The fourth-order valence-corrected chi connectivity index (χ4v) is 4.98. The Hall–Kier alpha value is -1.38. The second-order valence-electron chi connectivity index (χ2n) is 4.34. The van der Waals surface area contributed by atoms with E-state index in [0.29, 0.717) is 0 Å². The van der Waals surface area contributed by atoms with Gasteiger partial charge >= 0.3 is 6.18 Å². The molecule has 0 saturated carbocycles. The van der Waals surface area contributed by atoms with E-state index in [0.717, 1.165) is 17.4 Å². The van der Waals surface area contributed by atoms with Gasteiger partial charge in [0, 0.05) is 0 Å². The Balaban J connectivity index is 2.59. The Labute approximate surface area is 124 Å². The number of hydrogen-bond acceptors (Lipinski definition) is 3. The standard InChI is InChI=1S/C13H12F3NO2S2/c14-13(15,16)10-5-2-1-4-9(10)11(8-17)21(18,19)12-6-3-7-20-12/h1-7,11H,8,17H2/p+1/t11-/m1/s1. The van der Waals surface area contributed by atoms with Gasteiger partial charge in [0.1, 0.15) is 9.46 Å². The van der Waals surface area contributed by atoms with Crippen molar-refractivity contribution in [2.75, 3.05) is 6.54 Å². The highest BCUT2D eigenvalue weighted by Gasteiger charge is 2.39. The zero-order valence-corrected chi connectivity index (χ0v) is 12.4. The molecule has 3 N–H and O–H groups in total. The summed E-state index contributed by atoms with van der Waals surface area (Å²) in [5, 5.41) is 0.261. The molecule has 0 bridgehead atoms. The molecule has 0 saturated heterocycles. The minimum Gasteiger partial charge on any atom is -0.356 e. The SMILES string of the molecule is [NH3+]C[C@H](c1ccccc1C(F)(F)F)S(=O)(=O)c1cccs1. The van der Waals surface area contributed by atoms with Gasteiger partial charge in [0.2, 0.25) is 0 Å². The third kappa shape index (κ3) is 3.12. The van der Waals surface area contributed by atoms with Crippen molar-refractivity contribution in [3.8, 4) is 0 Å². The Morgan fingerprint density at radius 1 is 1.14 bits per heavy atom. The highest BCUT2D eigenvalue weighted by atomic mass is 32.2. The number of halogens is 3. The third-order valence-electron chi connectivity index (χ3n) is 3.03. The molecule has 114 valence electrons. The molecule has 3 nitrogen and oxygen atoms in total. The molecule has 0 fully saturated rings. The van der Waals surface area contributed by atoms with Crippen LogP contribution in [-0.2, 0) is 16.0 Å². The molecule has 21 heavy (non-hydrogen) atoms. The lowest BCUT2D eigenvalue weighted by atomic mass is 10.0. The lowest BCUT2D eigenvalue weighted by Gasteiger charge is -2.18. The molecular formula is C13H13F3NO2S2+. The van der Waals surface area contributed by atoms with Gasteiger partial charge in [0.15, 0.2) is 9.84 Å². The van der Waals surface area contributed by atoms with Crippen LogP contribution < -0.4 is 5.73 Å². The van der Waals surface area contributed by atoms with Gasteiger partial charge in [-0.1, -0.05) is 24.3 Å². The number of rotatable bonds is 4. The normalized spacial score (nSPS) is 14.1. The molecule has 0 spiro atoms. The number of benzene rings is 1. The predicted molar refractivity (Wildman–Crippen MR) is 73.4 cm³/mol. The first kappa shape index (κ1) is 16.0. The molecule has 0 aliphatic heterocycles. The summed E-state index contributed by atoms with van der Waals surface area (Å²) in [6.45, 7) is -0.173. The molecule has 0 radical (unpaired) electrons. The second-order valence-corrected chi connectivity index (χ2v) is 7.64. The fourth-order valence-electron chi connectivity index (χ4n) is 2.08. The van der Waals surface area contributed by atoms with Crippen molar-refractivity contribution in [1.82, 2.24) is 0 Å². The van der Waals surface area contributed by atoms with Crippen LogP contribution in [-0.4, -0.2) is 15.0 Å². The Morgan fingerprint density at radius 3 is 2.33 bits per heavy atom. The molecule has 1 heterocycles. The van der Waals surface area contributed by atoms with E-state index in [1.807, 2.05) is 0 Å². The smallest absolute Gasteiger partial charge is 0.356 e. The van der Waals surface area contributed by atoms with E-state index in [2.05, 4.69) is 5.73 Å². The first-order valence-electron chi connectivity index (χ1n) is 6.01. The van der Waals surface area contributed by atoms with Crippen molar-refractivity contribution in [2.45, 2.75) is 15.6 Å². The van der Waals surface area contributed by atoms with E-state index >= 15 is 0 Å². The zero-order chi connectivity index (χ0) is 15.7. The summed E-state index contributed by atoms with van der Waals surface area (Å²) in [4.78, 5) is 0. The quantitative estimate of drug-likeness (QED) is 0.932. The molecule has 2 aromatic rings. The Kier molecular flexibility index (Phi) is 4.40. The highest BCUT2D eigenvalue weighted by Crippen LogP contribution is 2.38. The summed E-state index contributed by atoms with van der Waals surface area (Å²) in [5.41, 5.74) is 2.33. The van der Waals surface area contributed by atoms with Gasteiger partial charge in [0.25, 0.3) is 0 Å². The van der Waals surface area contributed by atoms with E-state index < -0.39 is 26.8 Å². The highest BCUT2D eigenvalue weighted by molar-refractivity contribution is 7.93. The molecule has 0 aliphatic carbocycles. The van der Waals surface area contributed by atoms with Gasteiger partial charge in [-0.25, -0.2) is 8.42 Å². The van der Waals surface area contributed by atoms with Crippen molar-refractivity contribution in [1.29, 1.82) is 0 Å². The Morgan fingerprint density at radius 2 is 1.81 bits per heavy atom. The number of thiophene rings is 1. The molecule has 8 heteroatoms. The van der Waals surface area contributed by atoms with Gasteiger partial charge in [-0.15, -0.1) is 11.3 Å². The van der Waals surface area contributed by atoms with Crippen molar-refractivity contribution < 1.29 is 27.3 Å². The fraction of sp³-hybridized carbons (Fsp3) is 0.231. The van der Waals surface area contributed by atoms with Crippen LogP contribution >= 0.6 is 11.3 Å². The van der Waals surface area contributed by atoms with Crippen molar-refractivity contribution >= 4 is 21.2 Å². The molecule has 1 atom stereocenters. The summed E-state index contributed by atoms with van der Waals surface area (Å²) in [5.74, 6) is 0. The molecular weight excluding hydrogens is 323 g/mol. The van der Waals surface area contributed by atoms with Gasteiger partial charge < -0.3 is 5.73 Å². The van der Waals surface area contributed by atoms with Gasteiger partial charge in [0.05, 0.1) is 12.1 Å². The number of hydrogen-bond donors (Lipinski definition) is 1. The van der Waals surface area contributed by atoms with Crippen LogP contribution in [0.5, 0.6) is 0 Å². The van der Waals surface area contributed by atoms with Crippen LogP contribution in [0.3, 0.4) is 0 Å². The largest absolute Gasteiger partial charge is 0.416 e. The predicted octanol–water partition coefficient (Wildman–Crippen LogP) is 2.52. The van der Waals surface area contributed by atoms with Crippen molar-refractivity contribution in [2.24, 2.45) is 0 Å². The minimum absolute atomic E-state index is 0.0492. The van der Waals surface area contributed by atoms with E-state index in [9.17, 15) is 21.6 Å². The van der Waals surface area contributed by atoms with Crippen molar-refractivity contribution in [3.05, 3.63) is 52.9 Å². The lowest BCUT2D eigenvalue weighted by Crippen LogP contribution is -2.54. The average Bonchev–Trinajstić information content (AvgIpc) is 2.93. The molecule has 0 amide bonds. The van der Waals surface area contributed by atoms with E-state index in [-0.39, 0.29) is 16.3 Å². The van der Waals surface area contributed by atoms with Crippen LogP contribution in [0.25, 0.3) is 0 Å². The maximum Gasteiger partial charge on any atom is 0.416 e. The van der Waals surface area contributed by atoms with Gasteiger partial charge in [-0.3, -0.25) is 0 Å². The number of quaternary nitrogens is 1. The van der Waals surface area contributed by atoms with Crippen LogP contribution in [0.15, 0.2) is 46.0 Å². The van der Waals surface area contributed by atoms with E-state index in [4.69, 9.17) is 0 Å². The topological polar surface area (TPSA) is 61.8 Å². The lowest BCUT2D eigenvalue weighted by molar-refractivity contribution is -0.367. The van der Waals surface area contributed by atoms with E-state index in [1.54, 1.807) is 11.4 Å². The molecule has 0 unspecified atom stereocenters. The van der Waals surface area contributed by atoms with Gasteiger partial charge in [-0.05, 0) is 23.1 Å². The maximum absolute atomic E-state index is 13.1. The zero-order valence-electron chi connectivity index (χ0n) is 10.8. The van der Waals surface area contributed by atoms with Crippen LogP contribution in [0.4, 0.5) is 13.2 Å². The molecule has 0 aliphatic rings. The minimum atomic E-state index is -4.60. The van der Waals surface area contributed by atoms with Crippen molar-refractivity contribution in [3.63, 3.8) is 0 Å². The van der Waals surface area contributed by atoms with E-state index in [1.165, 1.54) is 24.3 Å². The summed E-state index contributed by atoms with van der Waals surface area (Å²) in [7, 11) is -3.89. The third-order valence-corrected chi connectivity index (χ3v) is 6.61. The van der Waals surface area contributed by atoms with Crippen LogP contribution in [0.1, 0.15) is 16.4 Å². The first-order chi connectivity index (χ1) is 9.78. The van der Waals surface area contributed by atoms with Crippen LogP contribution in [0.2, 0.25) is 0 Å². The molecule has 1 aromatic heterocycles. The first-order valence-corrected chi connectivity index (χ1v) is 8.44. The number of alkyl halides is 3. The molecule has 2 rings (SSSR count). The van der Waals surface area contributed by atoms with Crippen LogP contribution in [0, 0.1) is 0 Å². The monoisotopic (exact) mass is 336 g/mol. The summed E-state index contributed by atoms with van der Waals surface area (Å²) >= 11 is 0.985. The summed E-state index contributed by atoms with van der Waals surface area (Å²) in [6, 6.07) is 7.67. The summed E-state index contributed by atoms with van der Waals surface area (Å²) in [6.07, 6.45) is -4.60. The number of sulfone groups is 1. The molecule has 1 aromatic carbocycles. The Bertz CT molecular complexity index is 709. The second kappa shape index (κ2) is 5.78. The summed E-state index contributed by atoms with van der Waals surface area (Å²) < 4.78 is 64.3. The van der Waals surface area contributed by atoms with Gasteiger partial charge in [-0.2, -0.15) is 13.2 Å². The average molecular weight is 336 g/mol.